The summed E-state index contributed by atoms with van der Waals surface area (Å²) in [6, 6.07) is 7.04. The van der Waals surface area contributed by atoms with E-state index in [0.717, 1.165) is 10.9 Å². The number of H-pyrrole nitrogens is 1. The average molecular weight is 378 g/mol. The summed E-state index contributed by atoms with van der Waals surface area (Å²) in [5.41, 5.74) is 1.15. The lowest BCUT2D eigenvalue weighted by Crippen LogP contribution is -2.45. The largest absolute Gasteiger partial charge is 0.481 e. The highest BCUT2D eigenvalue weighted by molar-refractivity contribution is 6.31. The molecule has 1 fully saturated rings. The summed E-state index contributed by atoms with van der Waals surface area (Å²) < 4.78 is 0. The molecular formula is C18H20ClN3O4. The van der Waals surface area contributed by atoms with Crippen LogP contribution in [-0.4, -0.2) is 64.4 Å². The molecule has 0 spiro atoms. The van der Waals surface area contributed by atoms with E-state index in [9.17, 15) is 14.4 Å². The number of aromatic amines is 1. The fraction of sp³-hybridized carbons (Fsp3) is 0.389. The summed E-state index contributed by atoms with van der Waals surface area (Å²) in [4.78, 5) is 41.9. The number of carboxylic acids is 1. The van der Waals surface area contributed by atoms with E-state index in [2.05, 4.69) is 4.98 Å². The third-order valence-electron chi connectivity index (χ3n) is 4.73. The number of hydrogen-bond donors (Lipinski definition) is 2. The molecule has 1 aromatic heterocycles. The van der Waals surface area contributed by atoms with Crippen molar-refractivity contribution in [3.63, 3.8) is 0 Å². The van der Waals surface area contributed by atoms with Gasteiger partial charge in [-0.25, -0.2) is 0 Å². The smallest absolute Gasteiger partial charge is 0.306 e. The average Bonchev–Trinajstić information content (AvgIpc) is 3.04. The highest BCUT2D eigenvalue weighted by atomic mass is 35.5. The van der Waals surface area contributed by atoms with E-state index in [0.29, 0.717) is 36.6 Å². The van der Waals surface area contributed by atoms with Crippen molar-refractivity contribution in [1.82, 2.24) is 14.8 Å². The number of carboxylic acid groups (broad SMARTS) is 1. The Kier molecular flexibility index (Phi) is 5.18. The van der Waals surface area contributed by atoms with Crippen molar-refractivity contribution in [2.24, 2.45) is 5.92 Å². The van der Waals surface area contributed by atoms with Gasteiger partial charge in [0.25, 0.3) is 5.91 Å². The van der Waals surface area contributed by atoms with E-state index < -0.39 is 11.9 Å². The highest BCUT2D eigenvalue weighted by Gasteiger charge is 2.28. The van der Waals surface area contributed by atoms with Gasteiger partial charge in [0, 0.05) is 36.1 Å². The fourth-order valence-electron chi connectivity index (χ4n) is 3.17. The summed E-state index contributed by atoms with van der Waals surface area (Å²) in [6.45, 7) is 0.762. The Balaban J connectivity index is 1.61. The van der Waals surface area contributed by atoms with E-state index >= 15 is 0 Å². The van der Waals surface area contributed by atoms with Gasteiger partial charge in [0.1, 0.15) is 5.69 Å². The summed E-state index contributed by atoms with van der Waals surface area (Å²) in [7, 11) is 1.57. The molecule has 1 aliphatic rings. The third-order valence-corrected chi connectivity index (χ3v) is 4.97. The second-order valence-corrected chi connectivity index (χ2v) is 7.01. The van der Waals surface area contributed by atoms with Crippen LogP contribution in [0.2, 0.25) is 5.02 Å². The van der Waals surface area contributed by atoms with E-state index in [1.165, 1.54) is 4.90 Å². The highest BCUT2D eigenvalue weighted by Crippen LogP contribution is 2.21. The van der Waals surface area contributed by atoms with Crippen molar-refractivity contribution in [1.29, 1.82) is 0 Å². The third kappa shape index (κ3) is 3.83. The van der Waals surface area contributed by atoms with Crippen LogP contribution >= 0.6 is 11.6 Å². The van der Waals surface area contributed by atoms with Gasteiger partial charge in [0.05, 0.1) is 12.5 Å². The van der Waals surface area contributed by atoms with E-state index in [-0.39, 0.29) is 18.4 Å². The topological polar surface area (TPSA) is 93.7 Å². The van der Waals surface area contributed by atoms with Gasteiger partial charge in [-0.3, -0.25) is 14.4 Å². The van der Waals surface area contributed by atoms with Crippen molar-refractivity contribution in [3.8, 4) is 0 Å². The molecule has 8 heteroatoms. The number of rotatable bonds is 4. The summed E-state index contributed by atoms with van der Waals surface area (Å²) >= 11 is 5.95. The van der Waals surface area contributed by atoms with E-state index in [4.69, 9.17) is 16.7 Å². The second kappa shape index (κ2) is 7.37. The van der Waals surface area contributed by atoms with Gasteiger partial charge < -0.3 is 19.9 Å². The van der Waals surface area contributed by atoms with Crippen LogP contribution in [-0.2, 0) is 9.59 Å². The minimum atomic E-state index is -0.816. The second-order valence-electron chi connectivity index (χ2n) is 6.57. The Hall–Kier alpha value is -2.54. The zero-order chi connectivity index (χ0) is 18.8. The maximum absolute atomic E-state index is 12.6. The minimum absolute atomic E-state index is 0.0489. The van der Waals surface area contributed by atoms with Gasteiger partial charge in [0.15, 0.2) is 0 Å². The number of aliphatic carboxylic acids is 1. The quantitative estimate of drug-likeness (QED) is 0.854. The normalized spacial score (nSPS) is 15.2. The van der Waals surface area contributed by atoms with Crippen LogP contribution in [0.3, 0.4) is 0 Å². The number of halogens is 1. The molecule has 0 unspecified atom stereocenters. The van der Waals surface area contributed by atoms with Gasteiger partial charge in [-0.2, -0.15) is 0 Å². The molecule has 7 nitrogen and oxygen atoms in total. The lowest BCUT2D eigenvalue weighted by atomic mass is 9.97. The summed E-state index contributed by atoms with van der Waals surface area (Å²) in [6.07, 6.45) is 0.892. The Morgan fingerprint density at radius 3 is 2.62 bits per heavy atom. The molecule has 2 amide bonds. The molecular weight excluding hydrogens is 358 g/mol. The van der Waals surface area contributed by atoms with Gasteiger partial charge in [-0.05, 0) is 31.0 Å². The Bertz CT molecular complexity index is 855. The molecule has 0 bridgehead atoms. The van der Waals surface area contributed by atoms with Gasteiger partial charge >= 0.3 is 5.97 Å². The Morgan fingerprint density at radius 1 is 1.27 bits per heavy atom. The lowest BCUT2D eigenvalue weighted by molar-refractivity contribution is -0.145. The molecule has 2 heterocycles. The number of benzene rings is 1. The number of likely N-dealkylation sites (N-methyl/N-ethyl adjacent to an activating group) is 1. The Labute approximate surface area is 155 Å². The van der Waals surface area contributed by atoms with Crippen LogP contribution in [0.15, 0.2) is 24.3 Å². The molecule has 0 saturated carbocycles. The van der Waals surface area contributed by atoms with Crippen LogP contribution in [0, 0.1) is 5.92 Å². The summed E-state index contributed by atoms with van der Waals surface area (Å²) in [5, 5.41) is 10.5. The fourth-order valence-corrected chi connectivity index (χ4v) is 3.34. The van der Waals surface area contributed by atoms with Crippen molar-refractivity contribution in [2.75, 3.05) is 26.7 Å². The van der Waals surface area contributed by atoms with Gasteiger partial charge in [0.2, 0.25) is 5.91 Å². The maximum Gasteiger partial charge on any atom is 0.306 e. The SMILES string of the molecule is CN(CC(=O)N1CCC(C(=O)O)CC1)C(=O)c1cc2ccc(Cl)cc2[nH]1. The first-order valence-electron chi connectivity index (χ1n) is 8.39. The molecule has 0 radical (unpaired) electrons. The number of aromatic nitrogens is 1. The molecule has 1 aliphatic heterocycles. The van der Waals surface area contributed by atoms with Crippen LogP contribution in [0.25, 0.3) is 10.9 Å². The lowest BCUT2D eigenvalue weighted by Gasteiger charge is -2.31. The van der Waals surface area contributed by atoms with Gasteiger partial charge in [-0.15, -0.1) is 0 Å². The molecule has 1 saturated heterocycles. The van der Waals surface area contributed by atoms with Crippen LogP contribution in [0.1, 0.15) is 23.3 Å². The zero-order valence-electron chi connectivity index (χ0n) is 14.4. The van der Waals surface area contributed by atoms with Crippen LogP contribution in [0.4, 0.5) is 0 Å². The monoisotopic (exact) mass is 377 g/mol. The minimum Gasteiger partial charge on any atom is -0.481 e. The van der Waals surface area contributed by atoms with Crippen molar-refractivity contribution in [2.45, 2.75) is 12.8 Å². The van der Waals surface area contributed by atoms with Crippen molar-refractivity contribution < 1.29 is 19.5 Å². The molecule has 0 atom stereocenters. The van der Waals surface area contributed by atoms with Crippen LogP contribution in [0.5, 0.6) is 0 Å². The molecule has 0 aliphatic carbocycles. The van der Waals surface area contributed by atoms with E-state index in [1.54, 1.807) is 30.1 Å². The number of likely N-dealkylation sites (tertiary alicyclic amines) is 1. The number of carbonyl (C=O) groups excluding carboxylic acids is 2. The number of carbonyl (C=O) groups is 3. The number of hydrogen-bond acceptors (Lipinski definition) is 3. The molecule has 138 valence electrons. The number of fused-ring (bicyclic) bond motifs is 1. The first kappa shape index (κ1) is 18.3. The molecule has 1 aromatic carbocycles. The predicted molar refractivity (Wildman–Crippen MR) is 97.2 cm³/mol. The van der Waals surface area contributed by atoms with Gasteiger partial charge in [-0.1, -0.05) is 17.7 Å². The summed E-state index contributed by atoms with van der Waals surface area (Å²) in [5.74, 6) is -1.67. The molecule has 2 aromatic rings. The number of piperidine rings is 1. The molecule has 26 heavy (non-hydrogen) atoms. The number of nitrogens with one attached hydrogen (secondary N) is 1. The van der Waals surface area contributed by atoms with Crippen molar-refractivity contribution in [3.05, 3.63) is 35.0 Å². The molecule has 3 rings (SSSR count). The van der Waals surface area contributed by atoms with E-state index in [1.807, 2.05) is 6.07 Å². The number of nitrogens with zero attached hydrogens (tertiary/aromatic N) is 2. The first-order chi connectivity index (χ1) is 12.3. The number of amides is 2. The first-order valence-corrected chi connectivity index (χ1v) is 8.77. The molecule has 2 N–H and O–H groups in total. The Morgan fingerprint density at radius 2 is 1.96 bits per heavy atom. The van der Waals surface area contributed by atoms with Crippen molar-refractivity contribution >= 4 is 40.3 Å². The van der Waals surface area contributed by atoms with Crippen LogP contribution < -0.4 is 0 Å². The predicted octanol–water partition coefficient (Wildman–Crippen LogP) is 2.22. The zero-order valence-corrected chi connectivity index (χ0v) is 15.1. The standard InChI is InChI=1S/C18H20ClN3O4/c1-21(10-16(23)22-6-4-11(5-7-22)18(25)26)17(24)15-8-12-2-3-13(19)9-14(12)20-15/h2-3,8-9,11,20H,4-7,10H2,1H3,(H,25,26). The maximum atomic E-state index is 12.6.